The standard InChI is InChI=1S/C50H79N/c1-5-9-13-17-21-27-35-44-43-50(51(45-36-28-25-29-37-45)46-38-30-26-31-39-46)49(42-34-24-20-16-12-8-4)48(41-33-23-19-15-11-7-3)47(44)40-32-22-18-14-10-6-2/h25-26,28-31,36-39,43H,5-24,27,32-35,40-42H2,1-4H3. The van der Waals surface area contributed by atoms with Crippen molar-refractivity contribution >= 4 is 17.1 Å². The molecule has 0 atom stereocenters. The van der Waals surface area contributed by atoms with Crippen LogP contribution in [0.3, 0.4) is 0 Å². The highest BCUT2D eigenvalue weighted by Gasteiger charge is 2.23. The Balaban J connectivity index is 2.13. The molecule has 0 N–H and O–H groups in total. The van der Waals surface area contributed by atoms with Crippen molar-refractivity contribution in [3.63, 3.8) is 0 Å². The van der Waals surface area contributed by atoms with Crippen LogP contribution < -0.4 is 4.90 Å². The molecule has 1 heteroatoms. The molecule has 0 radical (unpaired) electrons. The predicted molar refractivity (Wildman–Crippen MR) is 229 cm³/mol. The average molecular weight is 694 g/mol. The third-order valence-corrected chi connectivity index (χ3v) is 11.1. The Morgan fingerprint density at radius 3 is 1.08 bits per heavy atom. The highest BCUT2D eigenvalue weighted by atomic mass is 15.1. The second-order valence-corrected chi connectivity index (χ2v) is 15.6. The zero-order chi connectivity index (χ0) is 36.2. The van der Waals surface area contributed by atoms with Crippen LogP contribution in [0.4, 0.5) is 17.1 Å². The third kappa shape index (κ3) is 16.3. The molecule has 3 aromatic carbocycles. The molecule has 0 spiro atoms. The van der Waals surface area contributed by atoms with Gasteiger partial charge in [-0.05, 0) is 104 Å². The van der Waals surface area contributed by atoms with Gasteiger partial charge in [0.15, 0.2) is 0 Å². The molecule has 0 aliphatic carbocycles. The first-order valence-corrected chi connectivity index (χ1v) is 22.3. The van der Waals surface area contributed by atoms with Gasteiger partial charge in [0, 0.05) is 17.1 Å². The predicted octanol–water partition coefficient (Wildman–Crippen LogP) is 16.8. The smallest absolute Gasteiger partial charge is 0.0499 e. The lowest BCUT2D eigenvalue weighted by atomic mass is 9.83. The van der Waals surface area contributed by atoms with Crippen LogP contribution in [0.15, 0.2) is 66.7 Å². The fraction of sp³-hybridized carbons (Fsp3) is 0.640. The summed E-state index contributed by atoms with van der Waals surface area (Å²) in [6.45, 7) is 9.34. The lowest BCUT2D eigenvalue weighted by Gasteiger charge is -2.32. The number of para-hydroxylation sites is 2. The Kier molecular flexibility index (Phi) is 23.6. The summed E-state index contributed by atoms with van der Waals surface area (Å²) in [6, 6.07) is 25.2. The largest absolute Gasteiger partial charge is 0.310 e. The van der Waals surface area contributed by atoms with Gasteiger partial charge in [-0.2, -0.15) is 0 Å². The zero-order valence-corrected chi connectivity index (χ0v) is 34.1. The van der Waals surface area contributed by atoms with Crippen LogP contribution in [-0.2, 0) is 25.7 Å². The van der Waals surface area contributed by atoms with Gasteiger partial charge in [0.2, 0.25) is 0 Å². The van der Waals surface area contributed by atoms with Crippen LogP contribution >= 0.6 is 0 Å². The van der Waals surface area contributed by atoms with Gasteiger partial charge in [-0.1, -0.05) is 193 Å². The highest BCUT2D eigenvalue weighted by molar-refractivity contribution is 5.80. The van der Waals surface area contributed by atoms with Crippen LogP contribution in [0.25, 0.3) is 0 Å². The summed E-state index contributed by atoms with van der Waals surface area (Å²) < 4.78 is 0. The first-order valence-electron chi connectivity index (χ1n) is 22.3. The summed E-state index contributed by atoms with van der Waals surface area (Å²) in [7, 11) is 0. The number of hydrogen-bond donors (Lipinski definition) is 0. The van der Waals surface area contributed by atoms with Gasteiger partial charge in [-0.3, -0.25) is 0 Å². The molecule has 0 fully saturated rings. The summed E-state index contributed by atoms with van der Waals surface area (Å²) in [5.74, 6) is 0. The quantitative estimate of drug-likeness (QED) is 0.0606. The molecule has 0 aromatic heterocycles. The first-order chi connectivity index (χ1) is 25.2. The molecule has 0 aliphatic rings. The van der Waals surface area contributed by atoms with Crippen LogP contribution in [0, 0.1) is 0 Å². The van der Waals surface area contributed by atoms with Gasteiger partial charge in [-0.25, -0.2) is 0 Å². The van der Waals surface area contributed by atoms with Crippen molar-refractivity contribution in [2.75, 3.05) is 4.90 Å². The number of hydrogen-bond acceptors (Lipinski definition) is 1. The van der Waals surface area contributed by atoms with E-state index in [2.05, 4.69) is 99.3 Å². The molecule has 0 heterocycles. The molecule has 0 saturated carbocycles. The molecule has 0 unspecified atom stereocenters. The van der Waals surface area contributed by atoms with Crippen molar-refractivity contribution in [1.29, 1.82) is 0 Å². The SMILES string of the molecule is CCCCCCCCc1cc(N(c2ccccc2)c2ccccc2)c(CCCCCCCC)c(CCCCCCCC)c1CCCCCCCC. The number of benzene rings is 3. The van der Waals surface area contributed by atoms with Gasteiger partial charge >= 0.3 is 0 Å². The van der Waals surface area contributed by atoms with E-state index in [4.69, 9.17) is 0 Å². The summed E-state index contributed by atoms with van der Waals surface area (Å²) in [5.41, 5.74) is 10.9. The number of aryl methyl sites for hydroxylation is 1. The molecule has 51 heavy (non-hydrogen) atoms. The summed E-state index contributed by atoms with van der Waals surface area (Å²) in [4.78, 5) is 2.62. The lowest BCUT2D eigenvalue weighted by Crippen LogP contribution is -2.17. The van der Waals surface area contributed by atoms with E-state index >= 15 is 0 Å². The summed E-state index contributed by atoms with van der Waals surface area (Å²) >= 11 is 0. The van der Waals surface area contributed by atoms with E-state index in [0.29, 0.717) is 0 Å². The van der Waals surface area contributed by atoms with Crippen molar-refractivity contribution in [3.05, 3.63) is 89.0 Å². The lowest BCUT2D eigenvalue weighted by molar-refractivity contribution is 0.588. The Morgan fingerprint density at radius 2 is 0.667 bits per heavy atom. The Hall–Kier alpha value is -2.54. The molecule has 3 aromatic rings. The van der Waals surface area contributed by atoms with Crippen molar-refractivity contribution < 1.29 is 0 Å². The fourth-order valence-electron chi connectivity index (χ4n) is 8.11. The van der Waals surface area contributed by atoms with E-state index in [1.54, 1.807) is 22.3 Å². The molecular formula is C50H79N. The number of rotatable bonds is 31. The van der Waals surface area contributed by atoms with Gasteiger partial charge in [0.25, 0.3) is 0 Å². The zero-order valence-electron chi connectivity index (χ0n) is 34.1. The Morgan fingerprint density at radius 1 is 0.333 bits per heavy atom. The van der Waals surface area contributed by atoms with Crippen molar-refractivity contribution in [2.24, 2.45) is 0 Å². The van der Waals surface area contributed by atoms with E-state index in [1.807, 2.05) is 0 Å². The minimum Gasteiger partial charge on any atom is -0.310 e. The van der Waals surface area contributed by atoms with Crippen molar-refractivity contribution in [2.45, 2.75) is 207 Å². The van der Waals surface area contributed by atoms with Gasteiger partial charge < -0.3 is 4.90 Å². The molecule has 0 saturated heterocycles. The minimum absolute atomic E-state index is 1.20. The summed E-state index contributed by atoms with van der Waals surface area (Å²) in [5, 5.41) is 0. The van der Waals surface area contributed by atoms with E-state index in [1.165, 1.54) is 197 Å². The van der Waals surface area contributed by atoms with E-state index in [0.717, 1.165) is 0 Å². The van der Waals surface area contributed by atoms with Crippen LogP contribution in [0.1, 0.15) is 204 Å². The Bertz CT molecular complexity index is 1210. The third-order valence-electron chi connectivity index (χ3n) is 11.1. The van der Waals surface area contributed by atoms with Crippen LogP contribution in [-0.4, -0.2) is 0 Å². The molecule has 284 valence electrons. The van der Waals surface area contributed by atoms with Crippen molar-refractivity contribution in [1.82, 2.24) is 0 Å². The molecule has 3 rings (SSSR count). The van der Waals surface area contributed by atoms with E-state index in [9.17, 15) is 0 Å². The van der Waals surface area contributed by atoms with Gasteiger partial charge in [0.05, 0.1) is 0 Å². The number of nitrogens with zero attached hydrogens (tertiary/aromatic N) is 1. The van der Waals surface area contributed by atoms with Gasteiger partial charge in [-0.15, -0.1) is 0 Å². The maximum atomic E-state index is 2.70. The van der Waals surface area contributed by atoms with Crippen LogP contribution in [0.2, 0.25) is 0 Å². The number of unbranched alkanes of at least 4 members (excludes halogenated alkanes) is 20. The topological polar surface area (TPSA) is 3.24 Å². The van der Waals surface area contributed by atoms with Crippen molar-refractivity contribution in [3.8, 4) is 0 Å². The summed E-state index contributed by atoms with van der Waals surface area (Å²) in [6.07, 6.45) is 37.6. The Labute approximate surface area is 317 Å². The van der Waals surface area contributed by atoms with E-state index < -0.39 is 0 Å². The van der Waals surface area contributed by atoms with Gasteiger partial charge in [0.1, 0.15) is 0 Å². The molecular weight excluding hydrogens is 615 g/mol. The second-order valence-electron chi connectivity index (χ2n) is 15.6. The molecule has 1 nitrogen and oxygen atoms in total. The highest BCUT2D eigenvalue weighted by Crippen LogP contribution is 2.42. The molecule has 0 bridgehead atoms. The minimum atomic E-state index is 1.20. The fourth-order valence-corrected chi connectivity index (χ4v) is 8.11. The maximum absolute atomic E-state index is 2.70. The second kappa shape index (κ2) is 28.0. The van der Waals surface area contributed by atoms with E-state index in [-0.39, 0.29) is 0 Å². The number of anilines is 3. The maximum Gasteiger partial charge on any atom is 0.0499 e. The van der Waals surface area contributed by atoms with Crippen LogP contribution in [0.5, 0.6) is 0 Å². The monoisotopic (exact) mass is 694 g/mol. The average Bonchev–Trinajstić information content (AvgIpc) is 3.16. The first kappa shape index (κ1) is 42.9. The molecule has 0 amide bonds. The molecule has 0 aliphatic heterocycles. The normalized spacial score (nSPS) is 11.4.